The monoisotopic (exact) mass is 428 g/mol. The maximum absolute atomic E-state index is 5.00. The zero-order valence-electron chi connectivity index (χ0n) is 19.4. The second-order valence-electron chi connectivity index (χ2n) is 9.65. The zero-order chi connectivity index (χ0) is 21.8. The fourth-order valence-corrected chi connectivity index (χ4v) is 5.47. The number of aromatic nitrogens is 1. The summed E-state index contributed by atoms with van der Waals surface area (Å²) >= 11 is 0. The minimum absolute atomic E-state index is 0.812. The van der Waals surface area contributed by atoms with Crippen molar-refractivity contribution < 1.29 is 0 Å². The molecule has 2 aromatic carbocycles. The molecule has 3 heterocycles. The number of fused-ring (bicyclic) bond motifs is 1. The third-order valence-corrected chi connectivity index (χ3v) is 7.24. The van der Waals surface area contributed by atoms with Crippen molar-refractivity contribution in [3.05, 3.63) is 71.8 Å². The lowest BCUT2D eigenvalue weighted by Crippen LogP contribution is -2.50. The van der Waals surface area contributed by atoms with Gasteiger partial charge in [0.25, 0.3) is 0 Å². The molecule has 0 aliphatic carbocycles. The molecule has 2 fully saturated rings. The first-order valence-corrected chi connectivity index (χ1v) is 12.3. The van der Waals surface area contributed by atoms with Crippen molar-refractivity contribution in [1.29, 1.82) is 0 Å². The normalized spacial score (nSPS) is 20.7. The van der Waals surface area contributed by atoms with Gasteiger partial charge in [-0.2, -0.15) is 0 Å². The van der Waals surface area contributed by atoms with Gasteiger partial charge in [-0.05, 0) is 61.9 Å². The number of hydrogen-bond acceptors (Lipinski definition) is 4. The number of piperidine rings is 1. The van der Waals surface area contributed by atoms with E-state index in [1.807, 2.05) is 0 Å². The Labute approximate surface area is 192 Å². The van der Waals surface area contributed by atoms with Crippen molar-refractivity contribution >= 4 is 16.7 Å². The van der Waals surface area contributed by atoms with Crippen LogP contribution in [-0.2, 0) is 6.42 Å². The molecule has 4 heteroatoms. The minimum Gasteiger partial charge on any atom is -0.354 e. The van der Waals surface area contributed by atoms with Crippen LogP contribution in [0.4, 0.5) is 5.82 Å². The topological polar surface area (TPSA) is 22.6 Å². The van der Waals surface area contributed by atoms with E-state index >= 15 is 0 Å². The van der Waals surface area contributed by atoms with Gasteiger partial charge in [-0.1, -0.05) is 48.5 Å². The molecule has 0 N–H and O–H groups in total. The van der Waals surface area contributed by atoms with Gasteiger partial charge in [-0.3, -0.25) is 4.90 Å². The fraction of sp³-hybridized carbons (Fsp3) is 0.464. The van der Waals surface area contributed by atoms with Gasteiger partial charge in [0, 0.05) is 51.2 Å². The number of aryl methyl sites for hydroxylation is 1. The average molecular weight is 429 g/mol. The van der Waals surface area contributed by atoms with Crippen LogP contribution in [0.15, 0.2) is 60.7 Å². The summed E-state index contributed by atoms with van der Waals surface area (Å²) in [5.74, 6) is 1.99. The molecule has 0 saturated carbocycles. The molecule has 4 nitrogen and oxygen atoms in total. The largest absolute Gasteiger partial charge is 0.354 e. The molecule has 1 aromatic heterocycles. The second kappa shape index (κ2) is 10.0. The van der Waals surface area contributed by atoms with Crippen LogP contribution in [0.1, 0.15) is 24.0 Å². The first-order chi connectivity index (χ1) is 15.7. The van der Waals surface area contributed by atoms with E-state index in [2.05, 4.69) is 82.3 Å². The summed E-state index contributed by atoms with van der Waals surface area (Å²) in [5, 5.41) is 1.24. The van der Waals surface area contributed by atoms with Crippen molar-refractivity contribution in [3.63, 3.8) is 0 Å². The predicted octanol–water partition coefficient (Wildman–Crippen LogP) is 4.62. The van der Waals surface area contributed by atoms with Crippen molar-refractivity contribution in [2.24, 2.45) is 5.92 Å². The minimum atomic E-state index is 0.812. The number of benzene rings is 2. The summed E-state index contributed by atoms with van der Waals surface area (Å²) in [6.45, 7) is 11.6. The molecule has 32 heavy (non-hydrogen) atoms. The number of piperazine rings is 1. The fourth-order valence-electron chi connectivity index (χ4n) is 5.47. The Hall–Kier alpha value is -2.43. The van der Waals surface area contributed by atoms with Crippen molar-refractivity contribution in [2.75, 3.05) is 57.3 Å². The Morgan fingerprint density at radius 2 is 1.66 bits per heavy atom. The highest BCUT2D eigenvalue weighted by Crippen LogP contribution is 2.25. The predicted molar refractivity (Wildman–Crippen MR) is 134 cm³/mol. The highest BCUT2D eigenvalue weighted by atomic mass is 15.3. The Balaban J connectivity index is 1.12. The highest BCUT2D eigenvalue weighted by Gasteiger charge is 2.25. The lowest BCUT2D eigenvalue weighted by atomic mass is 9.96. The first kappa shape index (κ1) is 21.4. The number of likely N-dealkylation sites (tertiary alicyclic amines) is 1. The van der Waals surface area contributed by atoms with Crippen molar-refractivity contribution in [1.82, 2.24) is 14.8 Å². The number of pyridine rings is 1. The van der Waals surface area contributed by atoms with Gasteiger partial charge in [-0.15, -0.1) is 0 Å². The third kappa shape index (κ3) is 5.13. The SMILES string of the molecule is Cc1cc2ccccc2nc1N1CCN(CC2CCCN(CCc3ccccc3)C2)CC1. The van der Waals surface area contributed by atoms with E-state index in [0.29, 0.717) is 0 Å². The number of hydrogen-bond donors (Lipinski definition) is 0. The summed E-state index contributed by atoms with van der Waals surface area (Å²) < 4.78 is 0. The van der Waals surface area contributed by atoms with Crippen LogP contribution in [-0.4, -0.2) is 67.1 Å². The van der Waals surface area contributed by atoms with E-state index in [9.17, 15) is 0 Å². The van der Waals surface area contributed by atoms with Crippen LogP contribution in [0, 0.1) is 12.8 Å². The molecular formula is C28H36N4. The number of nitrogens with zero attached hydrogens (tertiary/aromatic N) is 4. The highest BCUT2D eigenvalue weighted by molar-refractivity contribution is 5.81. The molecule has 3 aromatic rings. The molecule has 1 unspecified atom stereocenters. The Morgan fingerprint density at radius 3 is 2.50 bits per heavy atom. The average Bonchev–Trinajstić information content (AvgIpc) is 2.84. The molecule has 2 aliphatic heterocycles. The van der Waals surface area contributed by atoms with Gasteiger partial charge in [-0.25, -0.2) is 4.98 Å². The van der Waals surface area contributed by atoms with Crippen molar-refractivity contribution in [3.8, 4) is 0 Å². The van der Waals surface area contributed by atoms with Gasteiger partial charge in [0.2, 0.25) is 0 Å². The summed E-state index contributed by atoms with van der Waals surface area (Å²) in [6, 6.07) is 21.7. The lowest BCUT2D eigenvalue weighted by Gasteiger charge is -2.40. The van der Waals surface area contributed by atoms with E-state index in [1.54, 1.807) is 0 Å². The number of anilines is 1. The number of rotatable bonds is 6. The van der Waals surface area contributed by atoms with E-state index in [-0.39, 0.29) is 0 Å². The van der Waals surface area contributed by atoms with Gasteiger partial charge in [0.1, 0.15) is 5.82 Å². The van der Waals surface area contributed by atoms with Gasteiger partial charge in [0.05, 0.1) is 5.52 Å². The van der Waals surface area contributed by atoms with E-state index in [0.717, 1.165) is 37.6 Å². The molecule has 2 aliphatic rings. The summed E-state index contributed by atoms with van der Waals surface area (Å²) in [5.41, 5.74) is 3.86. The molecule has 0 radical (unpaired) electrons. The van der Waals surface area contributed by atoms with Gasteiger partial charge in [0.15, 0.2) is 0 Å². The molecule has 2 saturated heterocycles. The smallest absolute Gasteiger partial charge is 0.132 e. The van der Waals surface area contributed by atoms with Crippen LogP contribution in [0.3, 0.4) is 0 Å². The lowest BCUT2D eigenvalue weighted by molar-refractivity contribution is 0.130. The summed E-state index contributed by atoms with van der Waals surface area (Å²) in [7, 11) is 0. The Morgan fingerprint density at radius 1 is 0.875 bits per heavy atom. The maximum atomic E-state index is 5.00. The van der Waals surface area contributed by atoms with Crippen LogP contribution in [0.5, 0.6) is 0 Å². The standard InChI is InChI=1S/C28H36N4/c1-23-20-26-11-5-6-12-27(26)29-28(23)32-18-16-31(17-19-32)22-25-10-7-14-30(21-25)15-13-24-8-3-2-4-9-24/h2-6,8-9,11-12,20,25H,7,10,13-19,21-22H2,1H3. The van der Waals surface area contributed by atoms with Crippen LogP contribution >= 0.6 is 0 Å². The summed E-state index contributed by atoms with van der Waals surface area (Å²) in [4.78, 5) is 12.9. The summed E-state index contributed by atoms with van der Waals surface area (Å²) in [6.07, 6.45) is 3.90. The quantitative estimate of drug-likeness (QED) is 0.571. The van der Waals surface area contributed by atoms with E-state index in [1.165, 1.54) is 67.8 Å². The maximum Gasteiger partial charge on any atom is 0.132 e. The van der Waals surface area contributed by atoms with Gasteiger partial charge >= 0.3 is 0 Å². The zero-order valence-corrected chi connectivity index (χ0v) is 19.4. The molecule has 0 spiro atoms. The van der Waals surface area contributed by atoms with Crippen LogP contribution in [0.2, 0.25) is 0 Å². The third-order valence-electron chi connectivity index (χ3n) is 7.24. The van der Waals surface area contributed by atoms with Crippen molar-refractivity contribution in [2.45, 2.75) is 26.2 Å². The van der Waals surface area contributed by atoms with E-state index in [4.69, 9.17) is 4.98 Å². The van der Waals surface area contributed by atoms with Crippen LogP contribution in [0.25, 0.3) is 10.9 Å². The van der Waals surface area contributed by atoms with Gasteiger partial charge < -0.3 is 9.80 Å². The Kier molecular flexibility index (Phi) is 6.70. The van der Waals surface area contributed by atoms with E-state index < -0.39 is 0 Å². The number of para-hydroxylation sites is 1. The molecular weight excluding hydrogens is 392 g/mol. The molecule has 0 amide bonds. The Bertz CT molecular complexity index is 1010. The first-order valence-electron chi connectivity index (χ1n) is 12.3. The molecule has 5 rings (SSSR count). The molecule has 1 atom stereocenters. The second-order valence-corrected chi connectivity index (χ2v) is 9.65. The molecule has 0 bridgehead atoms. The van der Waals surface area contributed by atoms with Crippen LogP contribution < -0.4 is 4.90 Å². The molecule has 168 valence electrons.